The molecule has 0 aromatic heterocycles. The Morgan fingerprint density at radius 1 is 1.36 bits per heavy atom. The molecule has 2 rings (SSSR count). The van der Waals surface area contributed by atoms with Gasteiger partial charge in [0.05, 0.1) is 5.02 Å². The first kappa shape index (κ1) is 17.4. The number of halogens is 2. The molecule has 22 heavy (non-hydrogen) atoms. The van der Waals surface area contributed by atoms with Crippen molar-refractivity contribution in [1.82, 2.24) is 4.90 Å². The lowest BCUT2D eigenvalue weighted by Crippen LogP contribution is -2.41. The van der Waals surface area contributed by atoms with Gasteiger partial charge in [-0.2, -0.15) is 0 Å². The fraction of sp³-hybridized carbons (Fsp3) is 0.562. The standard InChI is InChI=1S/C16H21BrClNO3/c1-16(2,3)22-15(21)19-8-6-10(7-9-19)13-12(20)5-4-11(17)14(13)18/h4-5,10,20H,6-9H2,1-3H3. The SMILES string of the molecule is CC(C)(C)OC(=O)N1CCC(c2c(O)ccc(Br)c2Cl)CC1. The van der Waals surface area contributed by atoms with Crippen molar-refractivity contribution < 1.29 is 14.6 Å². The van der Waals surface area contributed by atoms with Crippen LogP contribution in [-0.2, 0) is 4.74 Å². The first-order chi connectivity index (χ1) is 10.2. The van der Waals surface area contributed by atoms with Crippen LogP contribution in [0.1, 0.15) is 45.1 Å². The number of aromatic hydroxyl groups is 1. The number of carbonyl (C=O) groups excluding carboxylic acids is 1. The van der Waals surface area contributed by atoms with Crippen LogP contribution in [0, 0.1) is 0 Å². The summed E-state index contributed by atoms with van der Waals surface area (Å²) in [4.78, 5) is 13.8. The van der Waals surface area contributed by atoms with Crippen LogP contribution in [0.3, 0.4) is 0 Å². The van der Waals surface area contributed by atoms with Gasteiger partial charge in [0.15, 0.2) is 0 Å². The number of phenolic OH excluding ortho intramolecular Hbond substituents is 1. The Kier molecular flexibility index (Phi) is 5.28. The van der Waals surface area contributed by atoms with Gasteiger partial charge in [-0.25, -0.2) is 4.79 Å². The van der Waals surface area contributed by atoms with Crippen LogP contribution in [-0.4, -0.2) is 34.8 Å². The van der Waals surface area contributed by atoms with Crippen LogP contribution >= 0.6 is 27.5 Å². The highest BCUT2D eigenvalue weighted by Crippen LogP contribution is 2.41. The van der Waals surface area contributed by atoms with Gasteiger partial charge in [0.25, 0.3) is 0 Å². The van der Waals surface area contributed by atoms with E-state index in [0.717, 1.165) is 22.9 Å². The molecule has 1 fully saturated rings. The number of nitrogens with zero attached hydrogens (tertiary/aromatic N) is 1. The third kappa shape index (κ3) is 4.07. The monoisotopic (exact) mass is 389 g/mol. The maximum atomic E-state index is 12.1. The van der Waals surface area contributed by atoms with Gasteiger partial charge >= 0.3 is 6.09 Å². The summed E-state index contributed by atoms with van der Waals surface area (Å²) < 4.78 is 6.16. The second-order valence-corrected chi connectivity index (χ2v) is 7.77. The molecule has 6 heteroatoms. The maximum Gasteiger partial charge on any atom is 0.410 e. The van der Waals surface area contributed by atoms with Crippen LogP contribution in [0.5, 0.6) is 5.75 Å². The van der Waals surface area contributed by atoms with Gasteiger partial charge in [-0.05, 0) is 67.6 Å². The molecule has 1 heterocycles. The van der Waals surface area contributed by atoms with E-state index in [2.05, 4.69) is 15.9 Å². The van der Waals surface area contributed by atoms with E-state index in [0.29, 0.717) is 18.1 Å². The third-order valence-electron chi connectivity index (χ3n) is 3.66. The predicted molar refractivity (Wildman–Crippen MR) is 90.6 cm³/mol. The first-order valence-corrected chi connectivity index (χ1v) is 8.51. The summed E-state index contributed by atoms with van der Waals surface area (Å²) >= 11 is 9.69. The second kappa shape index (κ2) is 6.67. The molecule has 0 atom stereocenters. The molecular weight excluding hydrogens is 370 g/mol. The van der Waals surface area contributed by atoms with Gasteiger partial charge < -0.3 is 14.7 Å². The quantitative estimate of drug-likeness (QED) is 0.740. The van der Waals surface area contributed by atoms with E-state index in [1.807, 2.05) is 20.8 Å². The van der Waals surface area contributed by atoms with Gasteiger partial charge in [-0.1, -0.05) is 11.6 Å². The molecule has 1 aliphatic heterocycles. The lowest BCUT2D eigenvalue weighted by molar-refractivity contribution is 0.0204. The number of phenols is 1. The average molecular weight is 391 g/mol. The molecule has 0 spiro atoms. The fourth-order valence-electron chi connectivity index (χ4n) is 2.62. The van der Waals surface area contributed by atoms with Crippen molar-refractivity contribution in [2.24, 2.45) is 0 Å². The molecule has 0 radical (unpaired) electrons. The first-order valence-electron chi connectivity index (χ1n) is 7.34. The van der Waals surface area contributed by atoms with Gasteiger partial charge in [0, 0.05) is 23.1 Å². The lowest BCUT2D eigenvalue weighted by Gasteiger charge is -2.34. The Morgan fingerprint density at radius 3 is 2.50 bits per heavy atom. The summed E-state index contributed by atoms with van der Waals surface area (Å²) in [6, 6.07) is 3.38. The number of piperidine rings is 1. The number of hydrogen-bond donors (Lipinski definition) is 1. The Hall–Kier alpha value is -0.940. The zero-order chi connectivity index (χ0) is 16.5. The zero-order valence-corrected chi connectivity index (χ0v) is 15.4. The highest BCUT2D eigenvalue weighted by atomic mass is 79.9. The smallest absolute Gasteiger partial charge is 0.410 e. The largest absolute Gasteiger partial charge is 0.508 e. The fourth-order valence-corrected chi connectivity index (χ4v) is 3.28. The lowest BCUT2D eigenvalue weighted by atomic mass is 9.89. The Morgan fingerprint density at radius 2 is 1.95 bits per heavy atom. The van der Waals surface area contributed by atoms with E-state index in [9.17, 15) is 9.90 Å². The molecular formula is C16H21BrClNO3. The minimum atomic E-state index is -0.486. The third-order valence-corrected chi connectivity index (χ3v) is 4.96. The summed E-state index contributed by atoms with van der Waals surface area (Å²) in [6.45, 7) is 6.77. The van der Waals surface area contributed by atoms with E-state index >= 15 is 0 Å². The molecule has 0 unspecified atom stereocenters. The van der Waals surface area contributed by atoms with E-state index < -0.39 is 5.60 Å². The second-order valence-electron chi connectivity index (χ2n) is 6.54. The highest BCUT2D eigenvalue weighted by Gasteiger charge is 2.29. The average Bonchev–Trinajstić information content (AvgIpc) is 2.42. The van der Waals surface area contributed by atoms with Crippen molar-refractivity contribution >= 4 is 33.6 Å². The summed E-state index contributed by atoms with van der Waals surface area (Å²) in [5.41, 5.74) is 0.277. The van der Waals surface area contributed by atoms with Gasteiger partial charge in [-0.3, -0.25) is 0 Å². The van der Waals surface area contributed by atoms with Crippen molar-refractivity contribution in [1.29, 1.82) is 0 Å². The number of carbonyl (C=O) groups is 1. The zero-order valence-electron chi connectivity index (χ0n) is 13.0. The number of ether oxygens (including phenoxy) is 1. The molecule has 0 aliphatic carbocycles. The number of amides is 1. The number of hydrogen-bond acceptors (Lipinski definition) is 3. The Labute approximate surface area is 144 Å². The summed E-state index contributed by atoms with van der Waals surface area (Å²) in [7, 11) is 0. The minimum Gasteiger partial charge on any atom is -0.508 e. The molecule has 1 amide bonds. The maximum absolute atomic E-state index is 12.1. The number of rotatable bonds is 1. The van der Waals surface area contributed by atoms with E-state index in [1.165, 1.54) is 0 Å². The van der Waals surface area contributed by atoms with Crippen LogP contribution in [0.2, 0.25) is 5.02 Å². The normalized spacial score (nSPS) is 16.7. The molecule has 0 saturated carbocycles. The summed E-state index contributed by atoms with van der Waals surface area (Å²) in [5.74, 6) is 0.354. The molecule has 1 saturated heterocycles. The van der Waals surface area contributed by atoms with Gasteiger partial charge in [0.1, 0.15) is 11.4 Å². The molecule has 4 nitrogen and oxygen atoms in total. The van der Waals surface area contributed by atoms with Crippen LogP contribution in [0.15, 0.2) is 16.6 Å². The Balaban J connectivity index is 2.04. The molecule has 0 bridgehead atoms. The topological polar surface area (TPSA) is 49.8 Å². The molecule has 122 valence electrons. The molecule has 1 aromatic carbocycles. The van der Waals surface area contributed by atoms with E-state index in [4.69, 9.17) is 16.3 Å². The number of likely N-dealkylation sites (tertiary alicyclic amines) is 1. The van der Waals surface area contributed by atoms with Crippen LogP contribution in [0.25, 0.3) is 0 Å². The summed E-state index contributed by atoms with van der Waals surface area (Å²) in [5, 5.41) is 10.6. The van der Waals surface area contributed by atoms with E-state index in [1.54, 1.807) is 17.0 Å². The number of benzene rings is 1. The van der Waals surface area contributed by atoms with Gasteiger partial charge in [-0.15, -0.1) is 0 Å². The van der Waals surface area contributed by atoms with Crippen molar-refractivity contribution in [3.63, 3.8) is 0 Å². The molecule has 1 N–H and O–H groups in total. The highest BCUT2D eigenvalue weighted by molar-refractivity contribution is 9.10. The molecule has 1 aliphatic rings. The predicted octanol–water partition coefficient (Wildman–Crippen LogP) is 4.92. The van der Waals surface area contributed by atoms with Crippen molar-refractivity contribution in [2.75, 3.05) is 13.1 Å². The van der Waals surface area contributed by atoms with Crippen LogP contribution < -0.4 is 0 Å². The van der Waals surface area contributed by atoms with Crippen molar-refractivity contribution in [3.05, 3.63) is 27.2 Å². The molecule has 1 aromatic rings. The van der Waals surface area contributed by atoms with Crippen LogP contribution in [0.4, 0.5) is 4.79 Å². The van der Waals surface area contributed by atoms with Crippen molar-refractivity contribution in [3.8, 4) is 5.75 Å². The minimum absolute atomic E-state index is 0.142. The Bertz CT molecular complexity index is 563. The summed E-state index contributed by atoms with van der Waals surface area (Å²) in [6.07, 6.45) is 1.22. The van der Waals surface area contributed by atoms with E-state index in [-0.39, 0.29) is 17.8 Å². The van der Waals surface area contributed by atoms with Gasteiger partial charge in [0.2, 0.25) is 0 Å². The van der Waals surface area contributed by atoms with Crippen molar-refractivity contribution in [2.45, 2.75) is 45.1 Å².